The molecule has 6 rings (SSSR count). The largest absolute Gasteiger partial charge is 0.490 e. The van der Waals surface area contributed by atoms with E-state index >= 15 is 0 Å². The van der Waals surface area contributed by atoms with Gasteiger partial charge >= 0.3 is 6.09 Å². The van der Waals surface area contributed by atoms with Crippen molar-refractivity contribution in [2.24, 2.45) is 11.8 Å². The predicted octanol–water partition coefficient (Wildman–Crippen LogP) is 4.67. The number of nitrogens with one attached hydrogen (secondary N) is 2. The molecule has 2 aliphatic heterocycles. The number of sulfonamides is 1. The number of hydrogen-bond donors (Lipinski definition) is 2. The second-order valence-electron chi connectivity index (χ2n) is 14.5. The summed E-state index contributed by atoms with van der Waals surface area (Å²) in [6.45, 7) is 5.81. The molecule has 2 bridgehead atoms. The number of carbonyl (C=O) groups excluding carboxylic acids is 2. The fraction of sp³-hybridized carbons (Fsp3) is 0.556. The lowest BCUT2D eigenvalue weighted by atomic mass is 9.68. The first-order valence-corrected chi connectivity index (χ1v) is 18.9. The lowest BCUT2D eigenvalue weighted by Gasteiger charge is -2.46. The van der Waals surface area contributed by atoms with Crippen LogP contribution in [0.1, 0.15) is 50.7 Å². The Morgan fingerprint density at radius 2 is 2.00 bits per heavy atom. The normalized spacial score (nSPS) is 27.5. The summed E-state index contributed by atoms with van der Waals surface area (Å²) < 4.78 is 47.9. The summed E-state index contributed by atoms with van der Waals surface area (Å²) in [6, 6.07) is 10.8. The molecule has 2 heterocycles. The van der Waals surface area contributed by atoms with E-state index in [1.165, 1.54) is 31.0 Å². The molecule has 2 aromatic carbocycles. The number of likely N-dealkylation sites (N-methyl/N-ethyl adjacent to an activating group) is 1. The highest BCUT2D eigenvalue weighted by molar-refractivity contribution is 7.90. The van der Waals surface area contributed by atoms with Crippen LogP contribution < -0.4 is 19.7 Å². The molecule has 4 aliphatic rings. The van der Waals surface area contributed by atoms with E-state index in [1.54, 1.807) is 18.2 Å². The van der Waals surface area contributed by atoms with Crippen molar-refractivity contribution < 1.29 is 32.2 Å². The Balaban J connectivity index is 1.38. The maximum atomic E-state index is 13.6. The van der Waals surface area contributed by atoms with Crippen molar-refractivity contribution in [3.63, 3.8) is 0 Å². The zero-order chi connectivity index (χ0) is 35.0. The molecule has 0 saturated heterocycles. The number of nitrogens with zero attached hydrogens (tertiary/aromatic N) is 2. The summed E-state index contributed by atoms with van der Waals surface area (Å²) in [4.78, 5) is 30.4. The third-order valence-corrected chi connectivity index (χ3v) is 11.9. The van der Waals surface area contributed by atoms with Gasteiger partial charge < -0.3 is 29.3 Å². The van der Waals surface area contributed by atoms with E-state index in [4.69, 9.17) is 25.8 Å². The Hall–Kier alpha value is -3.32. The second kappa shape index (κ2) is 14.1. The van der Waals surface area contributed by atoms with Crippen LogP contribution in [0.5, 0.6) is 5.75 Å². The van der Waals surface area contributed by atoms with Crippen molar-refractivity contribution in [1.29, 1.82) is 0 Å². The molecule has 0 radical (unpaired) electrons. The summed E-state index contributed by atoms with van der Waals surface area (Å²) in [5.41, 5.74) is 1.25. The van der Waals surface area contributed by atoms with E-state index in [9.17, 15) is 18.0 Å². The summed E-state index contributed by atoms with van der Waals surface area (Å²) in [5.74, 6) is -0.0461. The van der Waals surface area contributed by atoms with Crippen LogP contribution in [-0.2, 0) is 36.1 Å². The summed E-state index contributed by atoms with van der Waals surface area (Å²) in [5, 5.41) is 3.55. The number of alkyl carbamates (subject to hydrolysis) is 1. The van der Waals surface area contributed by atoms with Crippen LogP contribution in [0.15, 0.2) is 53.4 Å². The van der Waals surface area contributed by atoms with Crippen molar-refractivity contribution in [2.45, 2.75) is 68.0 Å². The van der Waals surface area contributed by atoms with Crippen molar-refractivity contribution in [3.05, 3.63) is 64.7 Å². The number of carbonyl (C=O) groups is 2. The molecule has 1 fully saturated rings. The van der Waals surface area contributed by atoms with Crippen molar-refractivity contribution >= 4 is 39.3 Å². The molecule has 2 aromatic rings. The van der Waals surface area contributed by atoms with Gasteiger partial charge in [-0.2, -0.15) is 0 Å². The molecule has 13 heteroatoms. The van der Waals surface area contributed by atoms with Crippen LogP contribution in [0.3, 0.4) is 0 Å². The molecule has 1 spiro atoms. The average Bonchev–Trinajstić information content (AvgIpc) is 3.17. The fourth-order valence-electron chi connectivity index (χ4n) is 7.43. The topological polar surface area (TPSA) is 127 Å². The molecule has 2 amide bonds. The van der Waals surface area contributed by atoms with Crippen molar-refractivity contribution in [2.75, 3.05) is 58.4 Å². The van der Waals surface area contributed by atoms with Gasteiger partial charge in [0.25, 0.3) is 15.9 Å². The molecule has 11 nitrogen and oxygen atoms in total. The number of aryl methyl sites for hydroxylation is 1. The zero-order valence-electron chi connectivity index (χ0n) is 28.7. The van der Waals surface area contributed by atoms with Crippen LogP contribution >= 0.6 is 11.6 Å². The maximum absolute atomic E-state index is 13.6. The Kier molecular flexibility index (Phi) is 10.2. The minimum absolute atomic E-state index is 0.0213. The van der Waals surface area contributed by atoms with Crippen LogP contribution in [0.2, 0.25) is 5.02 Å². The van der Waals surface area contributed by atoms with Gasteiger partial charge in [0, 0.05) is 42.5 Å². The third-order valence-electron chi connectivity index (χ3n) is 10.4. The molecule has 4 atom stereocenters. The molecular formula is C36H47ClN4O7S. The van der Waals surface area contributed by atoms with Crippen molar-refractivity contribution in [3.8, 4) is 5.75 Å². The fourth-order valence-corrected chi connectivity index (χ4v) is 8.75. The monoisotopic (exact) mass is 714 g/mol. The van der Waals surface area contributed by atoms with Crippen LogP contribution in [0.4, 0.5) is 10.5 Å². The van der Waals surface area contributed by atoms with Gasteiger partial charge in [-0.3, -0.25) is 4.79 Å². The Morgan fingerprint density at radius 1 is 1.18 bits per heavy atom. The highest BCUT2D eigenvalue weighted by Crippen LogP contribution is 2.47. The smallest absolute Gasteiger partial charge is 0.407 e. The number of anilines is 1. The van der Waals surface area contributed by atoms with Gasteiger partial charge in [-0.15, -0.1) is 0 Å². The van der Waals surface area contributed by atoms with Gasteiger partial charge in [0.15, 0.2) is 0 Å². The molecule has 0 aromatic heterocycles. The second-order valence-corrected chi connectivity index (χ2v) is 16.6. The molecule has 1 saturated carbocycles. The first kappa shape index (κ1) is 35.5. The van der Waals surface area contributed by atoms with Crippen LogP contribution in [0, 0.1) is 11.8 Å². The van der Waals surface area contributed by atoms with E-state index in [0.29, 0.717) is 49.2 Å². The van der Waals surface area contributed by atoms with E-state index in [0.717, 1.165) is 32.1 Å². The highest BCUT2D eigenvalue weighted by Gasteiger charge is 2.45. The van der Waals surface area contributed by atoms with E-state index in [1.807, 2.05) is 37.2 Å². The Labute approximate surface area is 294 Å². The van der Waals surface area contributed by atoms with Gasteiger partial charge in [0.05, 0.1) is 23.8 Å². The van der Waals surface area contributed by atoms with Crippen LogP contribution in [-0.4, -0.2) is 90.5 Å². The molecule has 0 unspecified atom stereocenters. The average molecular weight is 715 g/mol. The lowest BCUT2D eigenvalue weighted by Crippen LogP contribution is -2.50. The van der Waals surface area contributed by atoms with Gasteiger partial charge in [-0.25, -0.2) is 17.9 Å². The van der Waals surface area contributed by atoms with Gasteiger partial charge in [0.1, 0.15) is 17.5 Å². The van der Waals surface area contributed by atoms with E-state index in [-0.39, 0.29) is 28.8 Å². The van der Waals surface area contributed by atoms with Crippen molar-refractivity contribution in [1.82, 2.24) is 14.9 Å². The number of fused-ring (bicyclic) bond motifs is 4. The molecular weight excluding hydrogens is 668 g/mol. The van der Waals surface area contributed by atoms with E-state index < -0.39 is 33.7 Å². The van der Waals surface area contributed by atoms with Gasteiger partial charge in [-0.05, 0) is 113 Å². The Bertz CT molecular complexity index is 1710. The standard InChI is InChI=1S/C36H47ClN4O7S/c1-35(2)33(42)39-49(44,45)27-11-14-32-30(20-27)41(22-36(23-46-32)15-5-7-24-19-26(37)10-13-29(24)36)21-25-9-12-28(25)31(8-6-18-47-35)48-34(43)38-16-17-40(3)4/h6,8,10-11,13-14,19-20,25,28,31H,5,7,9,12,15-18,21-23H2,1-4H3,(H,38,43)(H,39,42)/t25-,28+,31-,36-/m0/s1. The number of amides is 2. The lowest BCUT2D eigenvalue weighted by molar-refractivity contribution is -0.139. The molecule has 2 aliphatic carbocycles. The first-order valence-electron chi connectivity index (χ1n) is 17.0. The van der Waals surface area contributed by atoms with Gasteiger partial charge in [0.2, 0.25) is 0 Å². The zero-order valence-corrected chi connectivity index (χ0v) is 30.2. The maximum Gasteiger partial charge on any atom is 0.407 e. The Morgan fingerprint density at radius 3 is 2.76 bits per heavy atom. The number of ether oxygens (including phenoxy) is 3. The first-order chi connectivity index (χ1) is 23.3. The van der Waals surface area contributed by atoms with Gasteiger partial charge in [-0.1, -0.05) is 23.7 Å². The van der Waals surface area contributed by atoms with E-state index in [2.05, 4.69) is 21.0 Å². The SMILES string of the molecule is CN(C)CCNC(=O)O[C@H]1C=CCOC(C)(C)C(=O)NS(=O)(=O)c2ccc3c(c2)N(C[C@@H]2CC[C@H]21)C[C@@]1(CCCc2cc(Cl)ccc21)CO3. The quantitative estimate of drug-likeness (QED) is 0.435. The third kappa shape index (κ3) is 7.72. The minimum Gasteiger partial charge on any atom is -0.490 e. The number of rotatable bonds is 4. The summed E-state index contributed by atoms with van der Waals surface area (Å²) in [7, 11) is -0.361. The number of benzene rings is 2. The molecule has 266 valence electrons. The summed E-state index contributed by atoms with van der Waals surface area (Å²) >= 11 is 6.43. The molecule has 49 heavy (non-hydrogen) atoms. The summed E-state index contributed by atoms with van der Waals surface area (Å²) in [6.07, 6.45) is 7.14. The molecule has 2 N–H and O–H groups in total. The minimum atomic E-state index is -4.24. The number of hydrogen-bond acceptors (Lipinski definition) is 9. The number of halogens is 1. The predicted molar refractivity (Wildman–Crippen MR) is 188 cm³/mol. The van der Waals surface area contributed by atoms with Crippen LogP contribution in [0.25, 0.3) is 0 Å². The highest BCUT2D eigenvalue weighted by atomic mass is 35.5.